The summed E-state index contributed by atoms with van der Waals surface area (Å²) in [5.74, 6) is 0.0213. The van der Waals surface area contributed by atoms with Crippen molar-refractivity contribution in [2.24, 2.45) is 0 Å². The first-order valence-electron chi connectivity index (χ1n) is 5.54. The summed E-state index contributed by atoms with van der Waals surface area (Å²) in [6.07, 6.45) is 1.72. The van der Waals surface area contributed by atoms with Gasteiger partial charge in [-0.3, -0.25) is 4.79 Å². The number of hydrogen-bond donors (Lipinski definition) is 1. The lowest BCUT2D eigenvalue weighted by Crippen LogP contribution is -2.43. The molecule has 16 heavy (non-hydrogen) atoms. The third-order valence-electron chi connectivity index (χ3n) is 2.58. The van der Waals surface area contributed by atoms with E-state index in [0.29, 0.717) is 0 Å². The molecule has 1 aromatic heterocycles. The highest BCUT2D eigenvalue weighted by molar-refractivity contribution is 5.80. The molecule has 0 fully saturated rings. The first-order valence-corrected chi connectivity index (χ1v) is 5.54. The predicted octanol–water partition coefficient (Wildman–Crippen LogP) is 1.98. The van der Waals surface area contributed by atoms with Gasteiger partial charge in [0.15, 0.2) is 0 Å². The second-order valence-electron chi connectivity index (χ2n) is 5.24. The molecule has 0 bridgehead atoms. The van der Waals surface area contributed by atoms with E-state index in [1.54, 1.807) is 6.33 Å². The normalized spacial score (nSPS) is 13.6. The molecule has 4 heteroatoms. The van der Waals surface area contributed by atoms with Crippen molar-refractivity contribution in [3.63, 3.8) is 0 Å². The van der Waals surface area contributed by atoms with E-state index in [4.69, 9.17) is 0 Å². The molecule has 4 nitrogen and oxygen atoms in total. The van der Waals surface area contributed by atoms with Crippen LogP contribution < -0.4 is 5.32 Å². The Morgan fingerprint density at radius 3 is 2.38 bits per heavy atom. The van der Waals surface area contributed by atoms with E-state index in [1.807, 2.05) is 46.1 Å². The molecule has 0 aliphatic carbocycles. The number of imidazole rings is 1. The molecule has 0 saturated carbocycles. The molecule has 1 aromatic rings. The van der Waals surface area contributed by atoms with Gasteiger partial charge < -0.3 is 9.88 Å². The van der Waals surface area contributed by atoms with Gasteiger partial charge in [-0.15, -0.1) is 0 Å². The van der Waals surface area contributed by atoms with Gasteiger partial charge in [0.25, 0.3) is 0 Å². The Morgan fingerprint density at radius 2 is 2.00 bits per heavy atom. The van der Waals surface area contributed by atoms with Crippen LogP contribution in [0, 0.1) is 13.8 Å². The molecule has 0 aliphatic heterocycles. The van der Waals surface area contributed by atoms with Gasteiger partial charge in [0.2, 0.25) is 5.91 Å². The highest BCUT2D eigenvalue weighted by atomic mass is 16.2. The third-order valence-corrected chi connectivity index (χ3v) is 2.58. The first-order chi connectivity index (χ1) is 7.22. The maximum atomic E-state index is 12.0. The second kappa shape index (κ2) is 4.28. The summed E-state index contributed by atoms with van der Waals surface area (Å²) in [5, 5.41) is 2.97. The summed E-state index contributed by atoms with van der Waals surface area (Å²) < 4.78 is 1.90. The molecule has 0 spiro atoms. The van der Waals surface area contributed by atoms with Crippen LogP contribution in [0.4, 0.5) is 0 Å². The zero-order chi connectivity index (χ0) is 12.5. The van der Waals surface area contributed by atoms with E-state index < -0.39 is 0 Å². The van der Waals surface area contributed by atoms with Gasteiger partial charge in [0.05, 0.1) is 12.0 Å². The molecule has 0 radical (unpaired) electrons. The third kappa shape index (κ3) is 2.84. The van der Waals surface area contributed by atoms with Gasteiger partial charge in [0.1, 0.15) is 6.04 Å². The summed E-state index contributed by atoms with van der Waals surface area (Å²) in [4.78, 5) is 16.2. The van der Waals surface area contributed by atoms with Crippen LogP contribution >= 0.6 is 0 Å². The molecular formula is C12H21N3O. The van der Waals surface area contributed by atoms with Crippen molar-refractivity contribution in [3.8, 4) is 0 Å². The predicted molar refractivity (Wildman–Crippen MR) is 64.3 cm³/mol. The van der Waals surface area contributed by atoms with E-state index in [9.17, 15) is 4.79 Å². The molecule has 1 amide bonds. The van der Waals surface area contributed by atoms with Crippen LogP contribution in [0.1, 0.15) is 45.1 Å². The molecule has 1 heterocycles. The van der Waals surface area contributed by atoms with Crippen molar-refractivity contribution < 1.29 is 4.79 Å². The molecule has 1 N–H and O–H groups in total. The molecule has 0 saturated heterocycles. The fraction of sp³-hybridized carbons (Fsp3) is 0.667. The van der Waals surface area contributed by atoms with Crippen molar-refractivity contribution >= 4 is 5.91 Å². The lowest BCUT2D eigenvalue weighted by atomic mass is 10.1. The Kier molecular flexibility index (Phi) is 3.41. The van der Waals surface area contributed by atoms with Gasteiger partial charge in [-0.1, -0.05) is 0 Å². The SMILES string of the molecule is Cc1ncn(C(C)C(=O)NC(C)(C)C)c1C. The summed E-state index contributed by atoms with van der Waals surface area (Å²) in [5.41, 5.74) is 1.81. The van der Waals surface area contributed by atoms with Gasteiger partial charge in [0, 0.05) is 11.2 Å². The molecule has 0 aromatic carbocycles. The summed E-state index contributed by atoms with van der Waals surface area (Å²) >= 11 is 0. The number of aromatic nitrogens is 2. The highest BCUT2D eigenvalue weighted by Gasteiger charge is 2.21. The minimum absolute atomic E-state index is 0.0213. The summed E-state index contributed by atoms with van der Waals surface area (Å²) in [6.45, 7) is 11.7. The average Bonchev–Trinajstić information content (AvgIpc) is 2.44. The smallest absolute Gasteiger partial charge is 0.243 e. The molecular weight excluding hydrogens is 202 g/mol. The maximum Gasteiger partial charge on any atom is 0.243 e. The van der Waals surface area contributed by atoms with Crippen LogP contribution in [0.3, 0.4) is 0 Å². The zero-order valence-corrected chi connectivity index (χ0v) is 11.0. The molecule has 0 aliphatic rings. The Bertz CT molecular complexity index is 387. The quantitative estimate of drug-likeness (QED) is 0.833. The lowest BCUT2D eigenvalue weighted by Gasteiger charge is -2.24. The summed E-state index contributed by atoms with van der Waals surface area (Å²) in [6, 6.07) is -0.222. The van der Waals surface area contributed by atoms with E-state index in [0.717, 1.165) is 11.4 Å². The molecule has 1 rings (SSSR count). The van der Waals surface area contributed by atoms with Gasteiger partial charge in [-0.25, -0.2) is 4.98 Å². The number of amides is 1. The minimum atomic E-state index is -0.222. The highest BCUT2D eigenvalue weighted by Crippen LogP contribution is 2.13. The van der Waals surface area contributed by atoms with Crippen LogP contribution in [0.15, 0.2) is 6.33 Å². The maximum absolute atomic E-state index is 12.0. The number of carbonyl (C=O) groups is 1. The molecule has 1 unspecified atom stereocenters. The second-order valence-corrected chi connectivity index (χ2v) is 5.24. The monoisotopic (exact) mass is 223 g/mol. The minimum Gasteiger partial charge on any atom is -0.350 e. The van der Waals surface area contributed by atoms with Crippen LogP contribution in [0.25, 0.3) is 0 Å². The lowest BCUT2D eigenvalue weighted by molar-refractivity contribution is -0.125. The van der Waals surface area contributed by atoms with Gasteiger partial charge in [-0.2, -0.15) is 0 Å². The number of hydrogen-bond acceptors (Lipinski definition) is 2. The van der Waals surface area contributed by atoms with Crippen molar-refractivity contribution in [1.29, 1.82) is 0 Å². The van der Waals surface area contributed by atoms with Crippen molar-refractivity contribution in [2.75, 3.05) is 0 Å². The Labute approximate surface area is 97.1 Å². The Morgan fingerprint density at radius 1 is 1.44 bits per heavy atom. The van der Waals surface area contributed by atoms with Crippen molar-refractivity contribution in [1.82, 2.24) is 14.9 Å². The van der Waals surface area contributed by atoms with Crippen LogP contribution in [0.5, 0.6) is 0 Å². The fourth-order valence-electron chi connectivity index (χ4n) is 1.51. The Balaban J connectivity index is 2.83. The summed E-state index contributed by atoms with van der Waals surface area (Å²) in [7, 11) is 0. The fourth-order valence-corrected chi connectivity index (χ4v) is 1.51. The number of nitrogens with one attached hydrogen (secondary N) is 1. The molecule has 90 valence electrons. The largest absolute Gasteiger partial charge is 0.350 e. The van der Waals surface area contributed by atoms with Crippen molar-refractivity contribution in [3.05, 3.63) is 17.7 Å². The average molecular weight is 223 g/mol. The van der Waals surface area contributed by atoms with Gasteiger partial charge >= 0.3 is 0 Å². The van der Waals surface area contributed by atoms with E-state index >= 15 is 0 Å². The van der Waals surface area contributed by atoms with Crippen LogP contribution in [0.2, 0.25) is 0 Å². The zero-order valence-electron chi connectivity index (χ0n) is 11.0. The topological polar surface area (TPSA) is 46.9 Å². The number of nitrogens with zero attached hydrogens (tertiary/aromatic N) is 2. The van der Waals surface area contributed by atoms with Gasteiger partial charge in [-0.05, 0) is 41.5 Å². The van der Waals surface area contributed by atoms with E-state index in [2.05, 4.69) is 10.3 Å². The van der Waals surface area contributed by atoms with Crippen molar-refractivity contribution in [2.45, 2.75) is 53.1 Å². The standard InChI is InChI=1S/C12H21N3O/c1-8-9(2)15(7-13-8)10(3)11(16)14-12(4,5)6/h7,10H,1-6H3,(H,14,16). The first kappa shape index (κ1) is 12.7. The number of carbonyl (C=O) groups excluding carboxylic acids is 1. The number of aryl methyl sites for hydroxylation is 1. The van der Waals surface area contributed by atoms with Crippen LogP contribution in [-0.2, 0) is 4.79 Å². The van der Waals surface area contributed by atoms with E-state index in [1.165, 1.54) is 0 Å². The van der Waals surface area contributed by atoms with Crippen LogP contribution in [-0.4, -0.2) is 21.0 Å². The Hall–Kier alpha value is -1.32. The number of rotatable bonds is 2. The van der Waals surface area contributed by atoms with E-state index in [-0.39, 0.29) is 17.5 Å². The molecule has 1 atom stereocenters.